The zero-order valence-electron chi connectivity index (χ0n) is 8.84. The minimum Gasteiger partial charge on any atom is -0.508 e. The van der Waals surface area contributed by atoms with Gasteiger partial charge >= 0.3 is 0 Å². The SMILES string of the molecule is Cc1cc(C(=O)c2ccncc2)ccc1O. The molecule has 3 heteroatoms. The van der Waals surface area contributed by atoms with E-state index in [1.807, 2.05) is 0 Å². The number of carbonyl (C=O) groups is 1. The molecule has 0 spiro atoms. The molecule has 1 heterocycles. The van der Waals surface area contributed by atoms with E-state index in [4.69, 9.17) is 0 Å². The molecule has 0 saturated carbocycles. The fourth-order valence-corrected chi connectivity index (χ4v) is 1.47. The summed E-state index contributed by atoms with van der Waals surface area (Å²) in [6.45, 7) is 1.76. The molecule has 0 aliphatic heterocycles. The van der Waals surface area contributed by atoms with E-state index in [2.05, 4.69) is 4.98 Å². The van der Waals surface area contributed by atoms with Crippen molar-refractivity contribution in [2.75, 3.05) is 0 Å². The monoisotopic (exact) mass is 213 g/mol. The first-order chi connectivity index (χ1) is 7.68. The van der Waals surface area contributed by atoms with Gasteiger partial charge in [-0.25, -0.2) is 0 Å². The Kier molecular flexibility index (Phi) is 2.68. The molecular weight excluding hydrogens is 202 g/mol. The van der Waals surface area contributed by atoms with Crippen molar-refractivity contribution in [1.29, 1.82) is 0 Å². The highest BCUT2D eigenvalue weighted by molar-refractivity contribution is 6.09. The first-order valence-corrected chi connectivity index (χ1v) is 4.93. The second kappa shape index (κ2) is 4.14. The van der Waals surface area contributed by atoms with Gasteiger partial charge in [0.1, 0.15) is 5.75 Å². The third-order valence-electron chi connectivity index (χ3n) is 2.40. The molecule has 2 rings (SSSR count). The maximum Gasteiger partial charge on any atom is 0.193 e. The van der Waals surface area contributed by atoms with Crippen molar-refractivity contribution in [1.82, 2.24) is 4.98 Å². The van der Waals surface area contributed by atoms with Gasteiger partial charge in [0.25, 0.3) is 0 Å². The van der Waals surface area contributed by atoms with Crippen LogP contribution in [0.1, 0.15) is 21.5 Å². The lowest BCUT2D eigenvalue weighted by Gasteiger charge is -2.03. The molecule has 16 heavy (non-hydrogen) atoms. The Morgan fingerprint density at radius 2 is 1.81 bits per heavy atom. The number of aromatic hydroxyl groups is 1. The van der Waals surface area contributed by atoms with Crippen LogP contribution in [-0.4, -0.2) is 15.9 Å². The second-order valence-corrected chi connectivity index (χ2v) is 3.57. The average Bonchev–Trinajstić information content (AvgIpc) is 2.33. The Balaban J connectivity index is 2.39. The number of rotatable bonds is 2. The lowest BCUT2D eigenvalue weighted by atomic mass is 10.0. The number of carbonyl (C=O) groups excluding carboxylic acids is 1. The quantitative estimate of drug-likeness (QED) is 0.779. The summed E-state index contributed by atoms with van der Waals surface area (Å²) in [5.41, 5.74) is 1.86. The van der Waals surface area contributed by atoms with Crippen LogP contribution in [0.3, 0.4) is 0 Å². The summed E-state index contributed by atoms with van der Waals surface area (Å²) >= 11 is 0. The third-order valence-corrected chi connectivity index (χ3v) is 2.40. The predicted octanol–water partition coefficient (Wildman–Crippen LogP) is 2.33. The van der Waals surface area contributed by atoms with Crippen molar-refractivity contribution < 1.29 is 9.90 Å². The molecule has 80 valence electrons. The number of phenols is 1. The molecular formula is C13H11NO2. The van der Waals surface area contributed by atoms with E-state index in [1.54, 1.807) is 43.6 Å². The molecule has 0 bridgehead atoms. The zero-order chi connectivity index (χ0) is 11.5. The van der Waals surface area contributed by atoms with Crippen LogP contribution >= 0.6 is 0 Å². The first kappa shape index (κ1) is 10.4. The third kappa shape index (κ3) is 1.93. The number of aryl methyl sites for hydroxylation is 1. The second-order valence-electron chi connectivity index (χ2n) is 3.57. The van der Waals surface area contributed by atoms with Crippen LogP contribution in [-0.2, 0) is 0 Å². The van der Waals surface area contributed by atoms with E-state index in [0.717, 1.165) is 0 Å². The van der Waals surface area contributed by atoms with Crippen LogP contribution in [0.2, 0.25) is 0 Å². The molecule has 0 fully saturated rings. The molecule has 0 amide bonds. The molecule has 0 aliphatic carbocycles. The van der Waals surface area contributed by atoms with Gasteiger partial charge in [0, 0.05) is 23.5 Å². The van der Waals surface area contributed by atoms with Crippen LogP contribution in [0.25, 0.3) is 0 Å². The van der Waals surface area contributed by atoms with Crippen LogP contribution in [0.5, 0.6) is 5.75 Å². The van der Waals surface area contributed by atoms with Gasteiger partial charge in [-0.3, -0.25) is 9.78 Å². The Morgan fingerprint density at radius 3 is 2.44 bits per heavy atom. The number of nitrogens with zero attached hydrogens (tertiary/aromatic N) is 1. The molecule has 1 aromatic heterocycles. The fraction of sp³-hybridized carbons (Fsp3) is 0.0769. The molecule has 0 saturated heterocycles. The minimum absolute atomic E-state index is 0.0644. The number of ketones is 1. The van der Waals surface area contributed by atoms with Crippen molar-refractivity contribution in [3.8, 4) is 5.75 Å². The summed E-state index contributed by atoms with van der Waals surface area (Å²) < 4.78 is 0. The van der Waals surface area contributed by atoms with Crippen LogP contribution < -0.4 is 0 Å². The molecule has 0 unspecified atom stereocenters. The van der Waals surface area contributed by atoms with Gasteiger partial charge in [0.2, 0.25) is 0 Å². The Morgan fingerprint density at radius 1 is 1.12 bits per heavy atom. The highest BCUT2D eigenvalue weighted by atomic mass is 16.3. The van der Waals surface area contributed by atoms with E-state index in [1.165, 1.54) is 6.07 Å². The summed E-state index contributed by atoms with van der Waals surface area (Å²) in [5, 5.41) is 9.37. The zero-order valence-corrected chi connectivity index (χ0v) is 8.84. The van der Waals surface area contributed by atoms with Crippen molar-refractivity contribution >= 4 is 5.78 Å². The minimum atomic E-state index is -0.0644. The number of pyridine rings is 1. The maximum absolute atomic E-state index is 12.0. The van der Waals surface area contributed by atoms with E-state index < -0.39 is 0 Å². The normalized spacial score (nSPS) is 10.1. The van der Waals surface area contributed by atoms with Gasteiger partial charge in [-0.15, -0.1) is 0 Å². The van der Waals surface area contributed by atoms with E-state index in [0.29, 0.717) is 16.7 Å². The van der Waals surface area contributed by atoms with Gasteiger partial charge in [0.15, 0.2) is 5.78 Å². The summed E-state index contributed by atoms with van der Waals surface area (Å²) in [4.78, 5) is 15.9. The number of phenolic OH excluding ortho intramolecular Hbond substituents is 1. The van der Waals surface area contributed by atoms with Crippen molar-refractivity contribution in [2.45, 2.75) is 6.92 Å². The lowest BCUT2D eigenvalue weighted by molar-refractivity contribution is 0.103. The van der Waals surface area contributed by atoms with Crippen LogP contribution in [0.15, 0.2) is 42.7 Å². The molecule has 0 radical (unpaired) electrons. The Labute approximate surface area is 93.4 Å². The van der Waals surface area contributed by atoms with Crippen molar-refractivity contribution in [2.24, 2.45) is 0 Å². The van der Waals surface area contributed by atoms with Gasteiger partial charge in [-0.05, 0) is 42.8 Å². The molecule has 3 nitrogen and oxygen atoms in total. The van der Waals surface area contributed by atoms with Crippen molar-refractivity contribution in [3.05, 3.63) is 59.4 Å². The first-order valence-electron chi connectivity index (χ1n) is 4.93. The van der Waals surface area contributed by atoms with E-state index >= 15 is 0 Å². The smallest absolute Gasteiger partial charge is 0.193 e. The number of benzene rings is 1. The standard InChI is InChI=1S/C13H11NO2/c1-9-8-11(2-3-12(9)15)13(16)10-4-6-14-7-5-10/h2-8,15H,1H3. The van der Waals surface area contributed by atoms with Crippen LogP contribution in [0.4, 0.5) is 0 Å². The topological polar surface area (TPSA) is 50.2 Å². The van der Waals surface area contributed by atoms with Crippen LogP contribution in [0, 0.1) is 6.92 Å². The summed E-state index contributed by atoms with van der Waals surface area (Å²) in [7, 11) is 0. The summed E-state index contributed by atoms with van der Waals surface area (Å²) in [6, 6.07) is 8.17. The molecule has 1 aromatic carbocycles. The maximum atomic E-state index is 12.0. The largest absolute Gasteiger partial charge is 0.508 e. The van der Waals surface area contributed by atoms with Gasteiger partial charge in [-0.2, -0.15) is 0 Å². The lowest BCUT2D eigenvalue weighted by Crippen LogP contribution is -2.01. The predicted molar refractivity (Wildman–Crippen MR) is 60.5 cm³/mol. The molecule has 2 aromatic rings. The van der Waals surface area contributed by atoms with Crippen molar-refractivity contribution in [3.63, 3.8) is 0 Å². The summed E-state index contributed by atoms with van der Waals surface area (Å²) in [5.74, 6) is 0.136. The fourth-order valence-electron chi connectivity index (χ4n) is 1.47. The van der Waals surface area contributed by atoms with E-state index in [9.17, 15) is 9.90 Å². The highest BCUT2D eigenvalue weighted by Crippen LogP contribution is 2.18. The highest BCUT2D eigenvalue weighted by Gasteiger charge is 2.09. The number of aromatic nitrogens is 1. The average molecular weight is 213 g/mol. The molecule has 1 N–H and O–H groups in total. The van der Waals surface area contributed by atoms with Gasteiger partial charge < -0.3 is 5.11 Å². The Hall–Kier alpha value is -2.16. The Bertz CT molecular complexity index is 521. The molecule has 0 aliphatic rings. The molecule has 0 atom stereocenters. The summed E-state index contributed by atoms with van der Waals surface area (Å²) in [6.07, 6.45) is 3.17. The number of hydrogen-bond donors (Lipinski definition) is 1. The van der Waals surface area contributed by atoms with Gasteiger partial charge in [-0.1, -0.05) is 0 Å². The van der Waals surface area contributed by atoms with Gasteiger partial charge in [0.05, 0.1) is 0 Å². The van der Waals surface area contributed by atoms with E-state index in [-0.39, 0.29) is 11.5 Å². The number of hydrogen-bond acceptors (Lipinski definition) is 3.